The van der Waals surface area contributed by atoms with E-state index in [9.17, 15) is 28.8 Å². The first-order valence-electron chi connectivity index (χ1n) is 22.2. The van der Waals surface area contributed by atoms with Gasteiger partial charge in [0.1, 0.15) is 23.7 Å². The van der Waals surface area contributed by atoms with E-state index in [-0.39, 0.29) is 47.3 Å². The molecule has 16 heteroatoms. The summed E-state index contributed by atoms with van der Waals surface area (Å²) in [6, 6.07) is 13.2. The van der Waals surface area contributed by atoms with Crippen molar-refractivity contribution < 1.29 is 38.2 Å². The normalized spacial score (nSPS) is 17.3. The number of rotatable bonds is 13. The lowest BCUT2D eigenvalue weighted by Crippen LogP contribution is -2.51. The molecule has 2 saturated heterocycles. The van der Waals surface area contributed by atoms with Crippen LogP contribution in [0.5, 0.6) is 0 Å². The number of benzene rings is 2. The van der Waals surface area contributed by atoms with Gasteiger partial charge in [0.15, 0.2) is 0 Å². The highest BCUT2D eigenvalue weighted by atomic mass is 16.5. The predicted molar refractivity (Wildman–Crippen MR) is 241 cm³/mol. The number of carbonyl (C=O) groups is 6. The second-order valence-corrected chi connectivity index (χ2v) is 17.9. The van der Waals surface area contributed by atoms with Gasteiger partial charge in [-0.25, -0.2) is 19.6 Å². The van der Waals surface area contributed by atoms with Crippen LogP contribution in [0.3, 0.4) is 0 Å². The van der Waals surface area contributed by atoms with Crippen LogP contribution in [0, 0.1) is 23.7 Å². The second kappa shape index (κ2) is 20.0. The van der Waals surface area contributed by atoms with E-state index >= 15 is 0 Å². The SMILES string of the molecule is COC(=O)N[C@H](C(=O)N1CCC[C@H]1c1ncc(-c2ccc(-c3ccc(-c4cnc([C@@H]5CCCN5C(=O)[C@@H](NC(=O)OC)C(C)C)n4C(=O)C(C)C)cc3)cc2)n1C(=O)C(C)C)C(C)C. The first kappa shape index (κ1) is 47.2. The fourth-order valence-electron chi connectivity index (χ4n) is 8.61. The van der Waals surface area contributed by atoms with Crippen LogP contribution in [0.25, 0.3) is 33.6 Å². The molecule has 0 saturated carbocycles. The standard InChI is InChI=1S/C48H62N8O8/c1-27(2)39(51-47(61)63-9)45(59)53-23-11-13-35(53)41-49-25-37(55(41)43(57)29(5)6)33-19-15-31(16-20-33)32-17-21-34(22-18-32)38-26-50-42(56(38)44(58)30(7)8)36-14-12-24-54(36)46(60)40(28(3)4)52-48(62)64-10/h15-22,25-30,35-36,39-40H,11-14,23-24H2,1-10H3,(H,51,61)(H,52,62)/t35-,36-,39-,40-/m0/s1. The van der Waals surface area contributed by atoms with E-state index in [1.54, 1.807) is 31.3 Å². The third-order valence-corrected chi connectivity index (χ3v) is 12.2. The number of hydrogen-bond acceptors (Lipinski definition) is 10. The molecule has 6 rings (SSSR count). The summed E-state index contributed by atoms with van der Waals surface area (Å²) in [7, 11) is 2.52. The van der Waals surface area contributed by atoms with Crippen molar-refractivity contribution in [2.45, 2.75) is 105 Å². The molecule has 4 heterocycles. The van der Waals surface area contributed by atoms with Gasteiger partial charge in [0, 0.05) is 36.1 Å². The van der Waals surface area contributed by atoms with E-state index in [1.807, 2.05) is 104 Å². The molecule has 342 valence electrons. The molecule has 2 aromatic carbocycles. The van der Waals surface area contributed by atoms with Crippen LogP contribution in [-0.4, -0.2) is 104 Å². The summed E-state index contributed by atoms with van der Waals surface area (Å²) in [4.78, 5) is 92.9. The van der Waals surface area contributed by atoms with Crippen LogP contribution in [-0.2, 0) is 19.1 Å². The van der Waals surface area contributed by atoms with Crippen LogP contribution >= 0.6 is 0 Å². The van der Waals surface area contributed by atoms with Crippen molar-refractivity contribution in [1.29, 1.82) is 0 Å². The first-order chi connectivity index (χ1) is 30.5. The monoisotopic (exact) mass is 878 g/mol. The Balaban J connectivity index is 1.27. The molecule has 64 heavy (non-hydrogen) atoms. The lowest BCUT2D eigenvalue weighted by Gasteiger charge is -2.31. The average molecular weight is 879 g/mol. The third kappa shape index (κ3) is 9.60. The summed E-state index contributed by atoms with van der Waals surface area (Å²) in [6.07, 6.45) is 4.68. The van der Waals surface area contributed by atoms with Crippen LogP contribution in [0.2, 0.25) is 0 Å². The van der Waals surface area contributed by atoms with Crippen molar-refractivity contribution in [3.8, 4) is 33.6 Å². The second-order valence-electron chi connectivity index (χ2n) is 17.9. The van der Waals surface area contributed by atoms with Gasteiger partial charge < -0.3 is 29.9 Å². The molecule has 0 unspecified atom stereocenters. The van der Waals surface area contributed by atoms with Gasteiger partial charge in [-0.1, -0.05) is 104 Å². The summed E-state index contributed by atoms with van der Waals surface area (Å²) in [5, 5.41) is 5.36. The molecule has 2 aliphatic rings. The predicted octanol–water partition coefficient (Wildman–Crippen LogP) is 7.76. The minimum absolute atomic E-state index is 0.143. The smallest absolute Gasteiger partial charge is 0.407 e. The van der Waals surface area contributed by atoms with Crippen molar-refractivity contribution in [2.24, 2.45) is 23.7 Å². The molecule has 2 fully saturated rings. The minimum atomic E-state index is -0.803. The number of methoxy groups -OCH3 is 2. The fourth-order valence-corrected chi connectivity index (χ4v) is 8.61. The summed E-state index contributed by atoms with van der Waals surface area (Å²) in [5.74, 6) is -0.912. The topological polar surface area (TPSA) is 187 Å². The lowest BCUT2D eigenvalue weighted by molar-refractivity contribution is -0.136. The molecule has 0 aliphatic carbocycles. The zero-order valence-electron chi connectivity index (χ0n) is 38.6. The molecule has 0 bridgehead atoms. The maximum absolute atomic E-state index is 13.9. The van der Waals surface area contributed by atoms with Crippen molar-refractivity contribution >= 4 is 35.8 Å². The van der Waals surface area contributed by atoms with Gasteiger partial charge in [0.25, 0.3) is 0 Å². The zero-order chi connectivity index (χ0) is 46.6. The van der Waals surface area contributed by atoms with Gasteiger partial charge in [0.05, 0.1) is 50.1 Å². The number of nitrogens with one attached hydrogen (secondary N) is 2. The molecule has 16 nitrogen and oxygen atoms in total. The van der Waals surface area contributed by atoms with E-state index in [0.717, 1.165) is 35.1 Å². The van der Waals surface area contributed by atoms with Crippen molar-refractivity contribution in [3.63, 3.8) is 0 Å². The van der Waals surface area contributed by atoms with E-state index in [1.165, 1.54) is 14.2 Å². The summed E-state index contributed by atoms with van der Waals surface area (Å²) in [5.41, 5.74) is 4.64. The summed E-state index contributed by atoms with van der Waals surface area (Å²) >= 11 is 0. The van der Waals surface area contributed by atoms with Crippen LogP contribution in [0.4, 0.5) is 9.59 Å². The lowest BCUT2D eigenvalue weighted by atomic mass is 10.0. The number of alkyl carbamates (subject to hydrolysis) is 2. The summed E-state index contributed by atoms with van der Waals surface area (Å²) < 4.78 is 12.9. The molecule has 4 amide bonds. The molecule has 4 aromatic rings. The number of likely N-dealkylation sites (tertiary alicyclic amines) is 2. The molecule has 0 radical (unpaired) electrons. The van der Waals surface area contributed by atoms with Crippen LogP contribution in [0.15, 0.2) is 60.9 Å². The van der Waals surface area contributed by atoms with Crippen molar-refractivity contribution in [2.75, 3.05) is 27.3 Å². The third-order valence-electron chi connectivity index (χ3n) is 12.2. The molecular weight excluding hydrogens is 817 g/mol. The first-order valence-corrected chi connectivity index (χ1v) is 22.2. The van der Waals surface area contributed by atoms with Gasteiger partial charge in [-0.15, -0.1) is 0 Å². The average Bonchev–Trinajstić information content (AvgIpc) is 4.12. The Morgan fingerprint density at radius 1 is 0.531 bits per heavy atom. The van der Waals surface area contributed by atoms with E-state index in [0.29, 0.717) is 49.0 Å². The maximum atomic E-state index is 13.9. The quantitative estimate of drug-likeness (QED) is 0.134. The molecule has 2 N–H and O–H groups in total. The highest BCUT2D eigenvalue weighted by molar-refractivity contribution is 5.90. The minimum Gasteiger partial charge on any atom is -0.453 e. The fraction of sp³-hybridized carbons (Fsp3) is 0.500. The molecule has 2 aromatic heterocycles. The Kier molecular flexibility index (Phi) is 14.8. The van der Waals surface area contributed by atoms with Gasteiger partial charge in [-0.2, -0.15) is 0 Å². The Morgan fingerprint density at radius 3 is 1.16 bits per heavy atom. The number of imidazole rings is 2. The van der Waals surface area contributed by atoms with E-state index in [2.05, 4.69) is 10.6 Å². The van der Waals surface area contributed by atoms with Gasteiger partial charge in [0.2, 0.25) is 23.6 Å². The van der Waals surface area contributed by atoms with Crippen molar-refractivity contribution in [1.82, 2.24) is 39.5 Å². The van der Waals surface area contributed by atoms with E-state index in [4.69, 9.17) is 19.4 Å². The highest BCUT2D eigenvalue weighted by Gasteiger charge is 2.41. The number of nitrogens with zero attached hydrogens (tertiary/aromatic N) is 6. The maximum Gasteiger partial charge on any atom is 0.407 e. The van der Waals surface area contributed by atoms with Crippen LogP contribution < -0.4 is 10.6 Å². The Hall–Kier alpha value is -6.32. The molecule has 0 spiro atoms. The largest absolute Gasteiger partial charge is 0.453 e. The number of carbonyl (C=O) groups excluding carboxylic acids is 6. The number of amides is 4. The van der Waals surface area contributed by atoms with Gasteiger partial charge in [-0.3, -0.25) is 28.3 Å². The van der Waals surface area contributed by atoms with E-state index < -0.39 is 36.4 Å². The van der Waals surface area contributed by atoms with Crippen LogP contribution in [0.1, 0.15) is 114 Å². The number of ether oxygens (including phenoxy) is 2. The summed E-state index contributed by atoms with van der Waals surface area (Å²) in [6.45, 7) is 15.7. The Bertz CT molecular complexity index is 2180. The van der Waals surface area contributed by atoms with Gasteiger partial charge in [-0.05, 0) is 48.6 Å². The van der Waals surface area contributed by atoms with Gasteiger partial charge >= 0.3 is 12.2 Å². The highest BCUT2D eigenvalue weighted by Crippen LogP contribution is 2.38. The molecule has 4 atom stereocenters. The number of aromatic nitrogens is 4. The van der Waals surface area contributed by atoms with Crippen molar-refractivity contribution in [3.05, 3.63) is 72.6 Å². The Labute approximate surface area is 375 Å². The number of hydrogen-bond donors (Lipinski definition) is 2. The zero-order valence-corrected chi connectivity index (χ0v) is 38.6. The molecular formula is C48H62N8O8. The molecule has 2 aliphatic heterocycles. The Morgan fingerprint density at radius 2 is 0.859 bits per heavy atom.